The van der Waals surface area contributed by atoms with Gasteiger partial charge in [-0.05, 0) is 57.7 Å². The average Bonchev–Trinajstić information content (AvgIpc) is 2.35. The molecule has 1 atom stereocenters. The van der Waals surface area contributed by atoms with Gasteiger partial charge in [0.1, 0.15) is 11.6 Å². The van der Waals surface area contributed by atoms with Gasteiger partial charge in [0.25, 0.3) is 0 Å². The first-order chi connectivity index (χ1) is 8.49. The van der Waals surface area contributed by atoms with Gasteiger partial charge in [0.05, 0.1) is 10.5 Å². The van der Waals surface area contributed by atoms with E-state index in [4.69, 9.17) is 5.73 Å². The van der Waals surface area contributed by atoms with Gasteiger partial charge in [-0.3, -0.25) is 0 Å². The molecule has 4 heteroatoms. The fraction of sp³-hybridized carbons (Fsp3) is 0.143. The smallest absolute Gasteiger partial charge is 0.137 e. The Kier molecular flexibility index (Phi) is 3.78. The van der Waals surface area contributed by atoms with E-state index in [-0.39, 0.29) is 11.6 Å². The van der Waals surface area contributed by atoms with Gasteiger partial charge in [0.2, 0.25) is 0 Å². The standard InChI is InChI=1S/C14H12BrF2N/c1-8-2-3-9(6-12(8)16)14(18)10-4-5-11(15)13(17)7-10/h2-7,14H,18H2,1H3. The molecule has 0 saturated heterocycles. The predicted molar refractivity (Wildman–Crippen MR) is 71.3 cm³/mol. The summed E-state index contributed by atoms with van der Waals surface area (Å²) in [6.07, 6.45) is 0. The number of hydrogen-bond acceptors (Lipinski definition) is 1. The Hall–Kier alpha value is -1.26. The molecule has 0 aliphatic heterocycles. The highest BCUT2D eigenvalue weighted by Gasteiger charge is 2.12. The van der Waals surface area contributed by atoms with E-state index < -0.39 is 6.04 Å². The third-order valence-electron chi connectivity index (χ3n) is 2.86. The lowest BCUT2D eigenvalue weighted by molar-refractivity contribution is 0.611. The fourth-order valence-corrected chi connectivity index (χ4v) is 1.95. The van der Waals surface area contributed by atoms with Gasteiger partial charge < -0.3 is 5.73 Å². The lowest BCUT2D eigenvalue weighted by Gasteiger charge is -2.13. The number of rotatable bonds is 2. The summed E-state index contributed by atoms with van der Waals surface area (Å²) in [7, 11) is 0. The van der Waals surface area contributed by atoms with E-state index >= 15 is 0 Å². The fourth-order valence-electron chi connectivity index (χ4n) is 1.70. The summed E-state index contributed by atoms with van der Waals surface area (Å²) in [6, 6.07) is 8.93. The minimum absolute atomic E-state index is 0.305. The van der Waals surface area contributed by atoms with Crippen molar-refractivity contribution in [1.29, 1.82) is 0 Å². The number of benzene rings is 2. The molecule has 0 spiro atoms. The Morgan fingerprint density at radius 3 is 2.11 bits per heavy atom. The molecule has 0 bridgehead atoms. The van der Waals surface area contributed by atoms with Crippen LogP contribution in [0.4, 0.5) is 8.78 Å². The molecule has 0 heterocycles. The Labute approximate surface area is 113 Å². The Balaban J connectivity index is 2.37. The highest BCUT2D eigenvalue weighted by molar-refractivity contribution is 9.10. The third kappa shape index (κ3) is 2.60. The highest BCUT2D eigenvalue weighted by Crippen LogP contribution is 2.24. The van der Waals surface area contributed by atoms with Crippen molar-refractivity contribution >= 4 is 15.9 Å². The second-order valence-electron chi connectivity index (χ2n) is 4.16. The molecule has 0 aromatic heterocycles. The zero-order valence-corrected chi connectivity index (χ0v) is 11.3. The van der Waals surface area contributed by atoms with Gasteiger partial charge in [-0.2, -0.15) is 0 Å². The van der Waals surface area contributed by atoms with Crippen LogP contribution in [-0.2, 0) is 0 Å². The number of hydrogen-bond donors (Lipinski definition) is 1. The minimum Gasteiger partial charge on any atom is -0.320 e. The van der Waals surface area contributed by atoms with Crippen molar-refractivity contribution in [1.82, 2.24) is 0 Å². The lowest BCUT2D eigenvalue weighted by Crippen LogP contribution is -2.12. The molecule has 0 radical (unpaired) electrons. The Morgan fingerprint density at radius 1 is 1.00 bits per heavy atom. The zero-order chi connectivity index (χ0) is 13.3. The molecule has 2 N–H and O–H groups in total. The maximum Gasteiger partial charge on any atom is 0.137 e. The van der Waals surface area contributed by atoms with Crippen molar-refractivity contribution in [2.45, 2.75) is 13.0 Å². The van der Waals surface area contributed by atoms with E-state index in [1.54, 1.807) is 31.2 Å². The molecule has 94 valence electrons. The normalized spacial score (nSPS) is 12.5. The van der Waals surface area contributed by atoms with Crippen LogP contribution >= 0.6 is 15.9 Å². The summed E-state index contributed by atoms with van der Waals surface area (Å²) in [4.78, 5) is 0. The molecule has 0 fully saturated rings. The molecule has 2 aromatic carbocycles. The average molecular weight is 312 g/mol. The summed E-state index contributed by atoms with van der Waals surface area (Å²) in [5, 5.41) is 0. The first kappa shape index (κ1) is 13.2. The van der Waals surface area contributed by atoms with Gasteiger partial charge in [-0.15, -0.1) is 0 Å². The van der Waals surface area contributed by atoms with Gasteiger partial charge in [-0.25, -0.2) is 8.78 Å². The van der Waals surface area contributed by atoms with Crippen molar-refractivity contribution in [2.24, 2.45) is 5.73 Å². The third-order valence-corrected chi connectivity index (χ3v) is 3.50. The number of nitrogens with two attached hydrogens (primary N) is 1. The van der Waals surface area contributed by atoms with Crippen molar-refractivity contribution in [2.75, 3.05) is 0 Å². The van der Waals surface area contributed by atoms with Gasteiger partial charge in [0, 0.05) is 0 Å². The van der Waals surface area contributed by atoms with Crippen LogP contribution in [0.3, 0.4) is 0 Å². The monoisotopic (exact) mass is 311 g/mol. The van der Waals surface area contributed by atoms with Crippen LogP contribution in [0.15, 0.2) is 40.9 Å². The topological polar surface area (TPSA) is 26.0 Å². The number of aryl methyl sites for hydroxylation is 1. The summed E-state index contributed by atoms with van der Waals surface area (Å²) in [5.74, 6) is -0.684. The molecule has 0 saturated carbocycles. The zero-order valence-electron chi connectivity index (χ0n) is 9.75. The van der Waals surface area contributed by atoms with Crippen LogP contribution in [0.1, 0.15) is 22.7 Å². The van der Waals surface area contributed by atoms with Gasteiger partial charge in [-0.1, -0.05) is 18.2 Å². The van der Waals surface area contributed by atoms with Crippen LogP contribution in [0.25, 0.3) is 0 Å². The summed E-state index contributed by atoms with van der Waals surface area (Å²) >= 11 is 3.08. The molecule has 0 amide bonds. The van der Waals surface area contributed by atoms with E-state index in [0.29, 0.717) is 21.2 Å². The van der Waals surface area contributed by atoms with Crippen molar-refractivity contribution in [3.63, 3.8) is 0 Å². The van der Waals surface area contributed by atoms with E-state index in [1.165, 1.54) is 12.1 Å². The summed E-state index contributed by atoms with van der Waals surface area (Å²) < 4.78 is 27.3. The predicted octanol–water partition coefficient (Wildman–Crippen LogP) is 4.08. The van der Waals surface area contributed by atoms with Gasteiger partial charge >= 0.3 is 0 Å². The minimum atomic E-state index is -0.539. The van der Waals surface area contributed by atoms with Crippen LogP contribution in [0.5, 0.6) is 0 Å². The van der Waals surface area contributed by atoms with Gasteiger partial charge in [0.15, 0.2) is 0 Å². The summed E-state index contributed by atoms with van der Waals surface area (Å²) in [6.45, 7) is 1.68. The van der Waals surface area contributed by atoms with E-state index in [2.05, 4.69) is 15.9 Å². The molecular weight excluding hydrogens is 300 g/mol. The molecular formula is C14H12BrF2N. The first-order valence-electron chi connectivity index (χ1n) is 5.45. The molecule has 2 rings (SSSR count). The molecule has 1 unspecified atom stereocenters. The Morgan fingerprint density at radius 2 is 1.56 bits per heavy atom. The van der Waals surface area contributed by atoms with Crippen molar-refractivity contribution in [3.05, 3.63) is 69.2 Å². The van der Waals surface area contributed by atoms with Crippen LogP contribution in [0.2, 0.25) is 0 Å². The highest BCUT2D eigenvalue weighted by atomic mass is 79.9. The molecule has 1 nitrogen and oxygen atoms in total. The van der Waals surface area contributed by atoms with E-state index in [9.17, 15) is 8.78 Å². The van der Waals surface area contributed by atoms with Crippen molar-refractivity contribution < 1.29 is 8.78 Å². The largest absolute Gasteiger partial charge is 0.320 e. The quantitative estimate of drug-likeness (QED) is 0.888. The maximum atomic E-state index is 13.5. The first-order valence-corrected chi connectivity index (χ1v) is 6.25. The molecule has 18 heavy (non-hydrogen) atoms. The second kappa shape index (κ2) is 5.16. The second-order valence-corrected chi connectivity index (χ2v) is 5.01. The molecule has 0 aliphatic carbocycles. The van der Waals surface area contributed by atoms with E-state index in [0.717, 1.165) is 0 Å². The Bertz CT molecular complexity index is 533. The molecule has 2 aromatic rings. The SMILES string of the molecule is Cc1ccc(C(N)c2ccc(Br)c(F)c2)cc1F. The number of halogens is 3. The van der Waals surface area contributed by atoms with Crippen LogP contribution < -0.4 is 5.73 Å². The van der Waals surface area contributed by atoms with Crippen LogP contribution in [0, 0.1) is 18.6 Å². The van der Waals surface area contributed by atoms with Crippen LogP contribution in [-0.4, -0.2) is 0 Å². The van der Waals surface area contributed by atoms with E-state index in [1.807, 2.05) is 0 Å². The maximum absolute atomic E-state index is 13.5. The van der Waals surface area contributed by atoms with Crippen molar-refractivity contribution in [3.8, 4) is 0 Å². The molecule has 0 aliphatic rings. The lowest BCUT2D eigenvalue weighted by atomic mass is 9.98. The summed E-state index contributed by atoms with van der Waals surface area (Å²) in [5.41, 5.74) is 7.80.